The van der Waals surface area contributed by atoms with Crippen molar-refractivity contribution in [1.82, 2.24) is 0 Å². The highest BCUT2D eigenvalue weighted by Gasteiger charge is 2.21. The summed E-state index contributed by atoms with van der Waals surface area (Å²) in [5, 5.41) is 0. The Morgan fingerprint density at radius 1 is 0.607 bits per heavy atom. The molecule has 0 spiro atoms. The zero-order chi connectivity index (χ0) is 20.0. The van der Waals surface area contributed by atoms with Crippen LogP contribution >= 0.6 is 0 Å². The SMILES string of the molecule is F[B-](F)(F)F.c1ccc(-c2cc(-c3ccco3)cc(-c3ccccc3)[o+]2)cc1. The van der Waals surface area contributed by atoms with Crippen LogP contribution in [0.5, 0.6) is 0 Å². The van der Waals surface area contributed by atoms with Crippen LogP contribution in [0, 0.1) is 0 Å². The van der Waals surface area contributed by atoms with Gasteiger partial charge in [0.15, 0.2) is 0 Å². The Morgan fingerprint density at radius 3 is 1.46 bits per heavy atom. The second-order valence-electron chi connectivity index (χ2n) is 5.78. The summed E-state index contributed by atoms with van der Waals surface area (Å²) in [7, 11) is -6.00. The topological polar surface area (TPSA) is 24.4 Å². The lowest BCUT2D eigenvalue weighted by Gasteiger charge is -1.99. The van der Waals surface area contributed by atoms with Crippen LogP contribution in [0.2, 0.25) is 0 Å². The molecular formula is C21H15BF4O2. The first-order valence-electron chi connectivity index (χ1n) is 8.40. The standard InChI is InChI=1S/C21H15O2.BF4/c1-3-8-16(9-4-1)20-14-18(19-12-7-13-22-19)15-21(23-20)17-10-5-2-6-11-17;2-1(3,4)5/h1-15H;/q+1;-1. The van der Waals surface area contributed by atoms with Gasteiger partial charge in [0.05, 0.1) is 29.5 Å². The molecule has 2 nitrogen and oxygen atoms in total. The van der Waals surface area contributed by atoms with Crippen LogP contribution in [0.15, 0.2) is 100 Å². The summed E-state index contributed by atoms with van der Waals surface area (Å²) in [6.07, 6.45) is 1.68. The van der Waals surface area contributed by atoms with E-state index in [1.165, 1.54) is 0 Å². The fourth-order valence-corrected chi connectivity index (χ4v) is 2.58. The molecule has 0 unspecified atom stereocenters. The normalized spacial score (nSPS) is 10.9. The van der Waals surface area contributed by atoms with E-state index in [4.69, 9.17) is 8.83 Å². The summed E-state index contributed by atoms with van der Waals surface area (Å²) >= 11 is 0. The third-order valence-electron chi connectivity index (χ3n) is 3.72. The predicted octanol–water partition coefficient (Wildman–Crippen LogP) is 7.45. The number of halogens is 4. The number of hydrogen-bond donors (Lipinski definition) is 0. The molecule has 2 aromatic heterocycles. The Morgan fingerprint density at radius 2 is 1.07 bits per heavy atom. The molecule has 0 fully saturated rings. The maximum Gasteiger partial charge on any atom is 0.673 e. The van der Waals surface area contributed by atoms with Crippen molar-refractivity contribution in [1.29, 1.82) is 0 Å². The number of rotatable bonds is 3. The van der Waals surface area contributed by atoms with Crippen LogP contribution < -0.4 is 0 Å². The van der Waals surface area contributed by atoms with Gasteiger partial charge in [0, 0.05) is 5.56 Å². The van der Waals surface area contributed by atoms with Crippen LogP contribution in [0.25, 0.3) is 34.0 Å². The van der Waals surface area contributed by atoms with E-state index >= 15 is 0 Å². The van der Waals surface area contributed by atoms with Crippen molar-refractivity contribution in [2.75, 3.05) is 0 Å². The molecule has 4 aromatic rings. The minimum Gasteiger partial charge on any atom is -0.464 e. The van der Waals surface area contributed by atoms with E-state index in [0.29, 0.717) is 0 Å². The van der Waals surface area contributed by atoms with Gasteiger partial charge in [-0.3, -0.25) is 0 Å². The van der Waals surface area contributed by atoms with Gasteiger partial charge < -0.3 is 21.7 Å². The molecule has 0 aliphatic carbocycles. The first kappa shape index (κ1) is 19.4. The highest BCUT2D eigenvalue weighted by atomic mass is 19.5. The van der Waals surface area contributed by atoms with Crippen LogP contribution in [-0.2, 0) is 0 Å². The second kappa shape index (κ2) is 8.56. The summed E-state index contributed by atoms with van der Waals surface area (Å²) in [5.74, 6) is 2.46. The molecule has 0 bridgehead atoms. The molecule has 0 saturated carbocycles. The molecule has 0 saturated heterocycles. The van der Waals surface area contributed by atoms with Crippen molar-refractivity contribution >= 4 is 7.25 Å². The van der Waals surface area contributed by atoms with Crippen molar-refractivity contribution in [3.8, 4) is 34.0 Å². The highest BCUT2D eigenvalue weighted by molar-refractivity contribution is 6.50. The number of benzene rings is 2. The average Bonchev–Trinajstić information content (AvgIpc) is 3.23. The summed E-state index contributed by atoms with van der Waals surface area (Å²) in [6.45, 7) is 0. The Kier molecular flexibility index (Phi) is 5.94. The molecule has 2 aromatic carbocycles. The lowest BCUT2D eigenvalue weighted by atomic mass is 10.1. The molecule has 2 heterocycles. The number of furan rings is 1. The van der Waals surface area contributed by atoms with Crippen molar-refractivity contribution < 1.29 is 26.1 Å². The van der Waals surface area contributed by atoms with Crippen molar-refractivity contribution in [2.45, 2.75) is 0 Å². The van der Waals surface area contributed by atoms with Crippen LogP contribution in [0.1, 0.15) is 0 Å². The zero-order valence-corrected chi connectivity index (χ0v) is 14.6. The van der Waals surface area contributed by atoms with Crippen molar-refractivity contribution in [2.24, 2.45) is 0 Å². The van der Waals surface area contributed by atoms with E-state index in [2.05, 4.69) is 0 Å². The minimum absolute atomic E-state index is 0.818. The Bertz CT molecular complexity index is 938. The Labute approximate surface area is 159 Å². The van der Waals surface area contributed by atoms with E-state index in [1.807, 2.05) is 84.9 Å². The van der Waals surface area contributed by atoms with Gasteiger partial charge in [-0.1, -0.05) is 36.4 Å². The molecule has 0 aliphatic rings. The molecule has 0 atom stereocenters. The van der Waals surface area contributed by atoms with E-state index in [9.17, 15) is 17.3 Å². The average molecular weight is 386 g/mol. The predicted molar refractivity (Wildman–Crippen MR) is 102 cm³/mol. The lowest BCUT2D eigenvalue weighted by Crippen LogP contribution is -2.02. The molecule has 0 N–H and O–H groups in total. The van der Waals surface area contributed by atoms with E-state index in [0.717, 1.165) is 34.0 Å². The fraction of sp³-hybridized carbons (Fsp3) is 0. The van der Waals surface area contributed by atoms with Gasteiger partial charge in [-0.25, -0.2) is 4.42 Å². The molecule has 0 amide bonds. The monoisotopic (exact) mass is 386 g/mol. The fourth-order valence-electron chi connectivity index (χ4n) is 2.58. The van der Waals surface area contributed by atoms with Gasteiger partial charge >= 0.3 is 18.8 Å². The highest BCUT2D eigenvalue weighted by Crippen LogP contribution is 2.32. The smallest absolute Gasteiger partial charge is 0.464 e. The van der Waals surface area contributed by atoms with Crippen LogP contribution in [-0.4, -0.2) is 7.25 Å². The molecule has 7 heteroatoms. The van der Waals surface area contributed by atoms with Gasteiger partial charge in [-0.05, 0) is 36.4 Å². The van der Waals surface area contributed by atoms with Crippen molar-refractivity contribution in [3.63, 3.8) is 0 Å². The summed E-state index contributed by atoms with van der Waals surface area (Å²) in [6, 6.07) is 28.1. The maximum atomic E-state index is 9.75. The summed E-state index contributed by atoms with van der Waals surface area (Å²) in [5.41, 5.74) is 3.08. The first-order chi connectivity index (χ1) is 13.4. The van der Waals surface area contributed by atoms with E-state index in [1.54, 1.807) is 6.26 Å². The maximum absolute atomic E-state index is 9.75. The zero-order valence-electron chi connectivity index (χ0n) is 14.6. The van der Waals surface area contributed by atoms with Gasteiger partial charge in [0.1, 0.15) is 5.76 Å². The summed E-state index contributed by atoms with van der Waals surface area (Å²) < 4.78 is 50.7. The van der Waals surface area contributed by atoms with Crippen molar-refractivity contribution in [3.05, 3.63) is 91.2 Å². The largest absolute Gasteiger partial charge is 0.673 e. The molecule has 0 aliphatic heterocycles. The third-order valence-corrected chi connectivity index (χ3v) is 3.72. The Balaban J connectivity index is 0.000000403. The molecule has 4 rings (SSSR count). The molecule has 28 heavy (non-hydrogen) atoms. The Hall–Kier alpha value is -3.35. The third kappa shape index (κ3) is 5.57. The van der Waals surface area contributed by atoms with E-state index < -0.39 is 7.25 Å². The quantitative estimate of drug-likeness (QED) is 0.207. The molecular weight excluding hydrogens is 371 g/mol. The van der Waals surface area contributed by atoms with E-state index in [-0.39, 0.29) is 0 Å². The first-order valence-corrected chi connectivity index (χ1v) is 8.40. The second-order valence-corrected chi connectivity index (χ2v) is 5.78. The number of hydrogen-bond acceptors (Lipinski definition) is 1. The summed E-state index contributed by atoms with van der Waals surface area (Å²) in [4.78, 5) is 0. The van der Waals surface area contributed by atoms with Crippen LogP contribution in [0.3, 0.4) is 0 Å². The molecule has 0 radical (unpaired) electrons. The minimum atomic E-state index is -6.00. The lowest BCUT2D eigenvalue weighted by molar-refractivity contribution is 0.368. The van der Waals surface area contributed by atoms with Gasteiger partial charge in [-0.15, -0.1) is 0 Å². The molecule has 142 valence electrons. The van der Waals surface area contributed by atoms with Gasteiger partial charge in [0.25, 0.3) is 0 Å². The van der Waals surface area contributed by atoms with Crippen LogP contribution in [0.4, 0.5) is 17.3 Å². The van der Waals surface area contributed by atoms with Gasteiger partial charge in [0.2, 0.25) is 0 Å². The van der Waals surface area contributed by atoms with Gasteiger partial charge in [-0.2, -0.15) is 0 Å².